The van der Waals surface area contributed by atoms with E-state index in [1.54, 1.807) is 45.0 Å². The number of imide groups is 1. The van der Waals surface area contributed by atoms with Crippen molar-refractivity contribution in [3.63, 3.8) is 0 Å². The van der Waals surface area contributed by atoms with Gasteiger partial charge in [-0.15, -0.1) is 0 Å². The third-order valence-corrected chi connectivity index (χ3v) is 19.4. The third-order valence-electron chi connectivity index (χ3n) is 19.4. The average molecular weight is 1550 g/mol. The van der Waals surface area contributed by atoms with Crippen molar-refractivity contribution >= 4 is 76.6 Å². The van der Waals surface area contributed by atoms with Crippen LogP contribution in [0.25, 0.3) is 0 Å². The molecule has 4 aromatic carbocycles. The molecule has 3 unspecified atom stereocenters. The first-order valence-electron chi connectivity index (χ1n) is 35.5. The van der Waals surface area contributed by atoms with E-state index in [0.717, 1.165) is 28.0 Å². The minimum atomic E-state index is -1.76. The molecule has 10 rings (SSSR count). The van der Waals surface area contributed by atoms with Crippen LogP contribution in [-0.4, -0.2) is 239 Å². The molecule has 594 valence electrons. The maximum Gasteiger partial charge on any atom is 0.416 e. The van der Waals surface area contributed by atoms with E-state index >= 15 is 0 Å². The second kappa shape index (κ2) is 37.9. The lowest BCUT2D eigenvalue weighted by Crippen LogP contribution is -2.54. The van der Waals surface area contributed by atoms with Crippen LogP contribution in [0.4, 0.5) is 16.2 Å². The molecule has 3 saturated heterocycles. The monoisotopic (exact) mass is 1550 g/mol. The van der Waals surface area contributed by atoms with Crippen LogP contribution in [0.3, 0.4) is 0 Å². The van der Waals surface area contributed by atoms with E-state index in [9.17, 15) is 83.6 Å². The second-order valence-electron chi connectivity index (χ2n) is 27.4. The molecule has 35 nitrogen and oxygen atoms in total. The van der Waals surface area contributed by atoms with Crippen molar-refractivity contribution in [2.24, 2.45) is 11.8 Å². The highest BCUT2D eigenvalue weighted by Gasteiger charge is 2.50. The van der Waals surface area contributed by atoms with Crippen LogP contribution in [0.1, 0.15) is 108 Å². The number of nitro groups is 1. The van der Waals surface area contributed by atoms with Gasteiger partial charge in [-0.2, -0.15) is 9.59 Å². The number of hydrogen-bond donors (Lipinski definition) is 7. The van der Waals surface area contributed by atoms with Crippen LogP contribution in [0.5, 0.6) is 28.7 Å². The van der Waals surface area contributed by atoms with Gasteiger partial charge in [-0.3, -0.25) is 58.2 Å². The van der Waals surface area contributed by atoms with Crippen molar-refractivity contribution in [2.75, 3.05) is 78.3 Å². The van der Waals surface area contributed by atoms with Crippen molar-refractivity contribution in [1.29, 1.82) is 0 Å². The molecule has 0 saturated carbocycles. The number of amides is 7. The van der Waals surface area contributed by atoms with Gasteiger partial charge in [-0.05, 0) is 72.2 Å². The van der Waals surface area contributed by atoms with Gasteiger partial charge in [0, 0.05) is 94.0 Å². The Morgan fingerprint density at radius 2 is 1.30 bits per heavy atom. The van der Waals surface area contributed by atoms with E-state index in [2.05, 4.69) is 23.8 Å². The van der Waals surface area contributed by atoms with Crippen molar-refractivity contribution < 1.29 is 131 Å². The van der Waals surface area contributed by atoms with Crippen LogP contribution in [-0.2, 0) is 81.7 Å². The topological polar surface area (TPSA) is 469 Å². The molecule has 6 aliphatic heterocycles. The Bertz CT molecular complexity index is 4270. The summed E-state index contributed by atoms with van der Waals surface area (Å²) < 4.78 is 51.7. The van der Waals surface area contributed by atoms with E-state index in [1.807, 2.05) is 0 Å². The van der Waals surface area contributed by atoms with E-state index in [-0.39, 0.29) is 190 Å². The number of Topliss-reactive ketones (excluding diaryl/α,β-unsaturated/α-hetero) is 2. The number of nitro benzene ring substituents is 1. The lowest BCUT2D eigenvalue weighted by molar-refractivity contribution is -0.386. The number of nitrogens with one attached hydrogen (secondary N) is 2. The van der Waals surface area contributed by atoms with Crippen molar-refractivity contribution in [3.05, 3.63) is 147 Å². The number of rotatable bonds is 33. The number of benzene rings is 4. The zero-order valence-electron chi connectivity index (χ0n) is 61.4. The van der Waals surface area contributed by atoms with E-state index < -0.39 is 132 Å². The molecule has 35 heteroatoms. The number of fused-ring (bicyclic) bond motifs is 4. The fourth-order valence-corrected chi connectivity index (χ4v) is 13.4. The summed E-state index contributed by atoms with van der Waals surface area (Å²) in [6.45, 7) is 12.1. The van der Waals surface area contributed by atoms with Gasteiger partial charge >= 0.3 is 23.9 Å². The van der Waals surface area contributed by atoms with Crippen molar-refractivity contribution in [2.45, 2.75) is 140 Å². The average Bonchev–Trinajstić information content (AvgIpc) is 1.65. The Morgan fingerprint density at radius 1 is 0.703 bits per heavy atom. The van der Waals surface area contributed by atoms with Crippen molar-refractivity contribution in [3.8, 4) is 28.7 Å². The van der Waals surface area contributed by atoms with Gasteiger partial charge < -0.3 is 88.6 Å². The number of aliphatic hydroxyl groups is 5. The molecule has 11 atom stereocenters. The minimum absolute atomic E-state index is 0.00363. The van der Waals surface area contributed by atoms with Gasteiger partial charge in [0.05, 0.1) is 87.7 Å². The number of anilines is 1. The maximum absolute atomic E-state index is 14.4. The molecule has 111 heavy (non-hydrogen) atoms. The first-order valence-corrected chi connectivity index (χ1v) is 35.5. The highest BCUT2D eigenvalue weighted by Crippen LogP contribution is 2.45. The molecule has 0 aliphatic carbocycles. The van der Waals surface area contributed by atoms with Gasteiger partial charge in [0.15, 0.2) is 40.8 Å². The molecule has 0 bridgehead atoms. The molecule has 0 radical (unpaired) electrons. The number of nitrogens with zero attached hydrogens (tertiary/aromatic N) is 5. The van der Waals surface area contributed by atoms with Gasteiger partial charge in [-0.25, -0.2) is 9.69 Å². The summed E-state index contributed by atoms with van der Waals surface area (Å²) in [6, 6.07) is 12.9. The molecule has 7 N–H and O–H groups in total. The molecule has 4 aromatic rings. The standard InChI is InChI=1S/C75H87N7O26.CO2/c1-39(2)47(29-46(83)18-23-102-24-19-76-62(86)17-20-78-63(87)15-16-64(78)88)69(92)77-42(5)55(84)28-43-9-11-44(12-10-43)36-107-75(97)81-51-33-61(59(101-7)32-50(51)71(94)80-35-41(4)26-54(80)72(81)95)104-22-8-21-103-60-30-48-49(31-58(60)100-6)70(93)79-34-40(3)25-53(79)66(89)65(48)73(96)105-37-45-13-14-57(52(27-45)82(98)99)108-74-68(91)67(90)56(85)38-106-74;2-1-3/h9-16,27,30-33,39,42,47,53-54,56,65-68,72,74,85,89-91,95H,3-4,8,17-26,28-29,34-38H2,1-2,5-7H3,(H,76,86)(H,77,92);/t42-,47-,53-,54-,56+,65?,66?,67-,68+,72?,74-;/m0./s1. The summed E-state index contributed by atoms with van der Waals surface area (Å²) in [7, 11) is 2.69. The number of hydrogen-bond acceptors (Lipinski definition) is 28. The number of carbonyl (C=O) groups is 10. The van der Waals surface area contributed by atoms with Crippen LogP contribution in [0.15, 0.2) is 103 Å². The van der Waals surface area contributed by atoms with E-state index in [1.165, 1.54) is 60.4 Å². The quantitative estimate of drug-likeness (QED) is 0.00900. The summed E-state index contributed by atoms with van der Waals surface area (Å²) in [5, 5.41) is 72.1. The fraction of sp³-hybridized carbons (Fsp3) is 0.461. The Kier molecular flexibility index (Phi) is 28.6. The molecule has 6 aliphatic rings. The van der Waals surface area contributed by atoms with Crippen LogP contribution >= 0.6 is 0 Å². The molecule has 6 heterocycles. The normalized spacial score (nSPS) is 21.6. The second-order valence-corrected chi connectivity index (χ2v) is 27.4. The molecular weight excluding hydrogens is 1460 g/mol. The number of aliphatic hydroxyl groups excluding tert-OH is 5. The van der Waals surface area contributed by atoms with Crippen LogP contribution < -0.4 is 39.2 Å². The highest BCUT2D eigenvalue weighted by atomic mass is 16.7. The van der Waals surface area contributed by atoms with Crippen molar-refractivity contribution in [1.82, 2.24) is 25.3 Å². The summed E-state index contributed by atoms with van der Waals surface area (Å²) in [5.74, 6) is -7.12. The lowest BCUT2D eigenvalue weighted by Gasteiger charge is -2.34. The minimum Gasteiger partial charge on any atom is -0.493 e. The Hall–Kier alpha value is -11.3. The molecular formula is C76H87N7O28. The number of esters is 1. The SMILES string of the molecule is C=C1C[C@H]2C(O)C(C(=O)OCc3ccc(O[C@@H]4OC[C@@H](O)[C@H](O)[C@H]4O)c([N+](=O)[O-])c3)c3cc(OCCCOc4cc5c(cc4OC)C(=O)N4CC(=C)C[C@H]4C(O)N5C(=O)OCc4ccc(CC(=O)[C@H](C)NC(=O)[C@@H](CC(=O)CCOCCNC(=O)CCN5C(=O)C=CC5=O)C(C)C)cc4)c(OC)cc3C(=O)N2C1.O=C=O. The molecule has 3 fully saturated rings. The predicted octanol–water partition coefficient (Wildman–Crippen LogP) is 2.60. The first-order chi connectivity index (χ1) is 53.0. The van der Waals surface area contributed by atoms with Gasteiger partial charge in [-0.1, -0.05) is 68.5 Å². The summed E-state index contributed by atoms with van der Waals surface area (Å²) in [6.07, 6.45) is -7.97. The lowest BCUT2D eigenvalue weighted by atomic mass is 9.86. The number of carbonyl (C=O) groups excluding carboxylic acids is 12. The smallest absolute Gasteiger partial charge is 0.416 e. The first kappa shape index (κ1) is 83.7. The third kappa shape index (κ3) is 20.2. The van der Waals surface area contributed by atoms with Gasteiger partial charge in [0.2, 0.25) is 18.1 Å². The predicted molar refractivity (Wildman–Crippen MR) is 382 cm³/mol. The number of ether oxygens (including phenoxy) is 9. The summed E-state index contributed by atoms with van der Waals surface area (Å²) in [5.41, 5.74) is 1.71. The van der Waals surface area contributed by atoms with Gasteiger partial charge in [0.25, 0.3) is 23.6 Å². The highest BCUT2D eigenvalue weighted by molar-refractivity contribution is 6.13. The fourth-order valence-electron chi connectivity index (χ4n) is 13.4. The molecule has 0 spiro atoms. The van der Waals surface area contributed by atoms with Crippen LogP contribution in [0, 0.1) is 22.0 Å². The maximum atomic E-state index is 14.4. The van der Waals surface area contributed by atoms with E-state index in [4.69, 9.17) is 52.2 Å². The summed E-state index contributed by atoms with van der Waals surface area (Å²) in [4.78, 5) is 166. The largest absolute Gasteiger partial charge is 0.493 e. The zero-order valence-corrected chi connectivity index (χ0v) is 61.4. The van der Waals surface area contributed by atoms with Gasteiger partial charge in [0.1, 0.15) is 43.2 Å². The van der Waals surface area contributed by atoms with Crippen LogP contribution in [0.2, 0.25) is 0 Å². The Balaban J connectivity index is 0.00000464. The number of ketones is 2. The Labute approximate surface area is 635 Å². The van der Waals surface area contributed by atoms with E-state index in [0.29, 0.717) is 22.3 Å². The summed E-state index contributed by atoms with van der Waals surface area (Å²) >= 11 is 0. The molecule has 7 amide bonds. The zero-order chi connectivity index (χ0) is 80.7. The number of methoxy groups -OCH3 is 2. The molecule has 0 aromatic heterocycles. The Morgan fingerprint density at radius 3 is 1.94 bits per heavy atom.